The largest absolute Gasteiger partial charge is 0.309 e. The van der Waals surface area contributed by atoms with Gasteiger partial charge in [0.05, 0.1) is 0 Å². The minimum Gasteiger partial charge on any atom is -0.309 e. The summed E-state index contributed by atoms with van der Waals surface area (Å²) in [6.45, 7) is 1.46. The summed E-state index contributed by atoms with van der Waals surface area (Å²) in [4.78, 5) is 0. The van der Waals surface area contributed by atoms with Crippen LogP contribution >= 0.6 is 24.0 Å². The van der Waals surface area contributed by atoms with Gasteiger partial charge >= 0.3 is 0 Å². The van der Waals surface area contributed by atoms with E-state index in [0.29, 0.717) is 6.54 Å². The maximum absolute atomic E-state index is 12.7. The zero-order valence-corrected chi connectivity index (χ0v) is 11.3. The highest BCUT2D eigenvalue weighted by molar-refractivity contribution is 6.30. The molecule has 0 aliphatic rings. The summed E-state index contributed by atoms with van der Waals surface area (Å²) >= 11 is 5.89. The second kappa shape index (κ2) is 7.37. The number of hydrogen-bond donors (Lipinski definition) is 1. The summed E-state index contributed by atoms with van der Waals surface area (Å²) in [6, 6.07) is 14.2. The molecule has 0 bridgehead atoms. The van der Waals surface area contributed by atoms with Crippen molar-refractivity contribution in [1.82, 2.24) is 5.32 Å². The number of halogens is 3. The smallest absolute Gasteiger partial charge is 0.123 e. The average molecular weight is 286 g/mol. The second-order valence-corrected chi connectivity index (χ2v) is 4.30. The number of nitrogens with one attached hydrogen (secondary N) is 1. The predicted octanol–water partition coefficient (Wildman–Crippen LogP) is 4.19. The van der Waals surface area contributed by atoms with Crippen molar-refractivity contribution in [2.75, 3.05) is 0 Å². The molecule has 0 saturated heterocycles. The van der Waals surface area contributed by atoms with E-state index in [1.807, 2.05) is 24.3 Å². The van der Waals surface area contributed by atoms with Crippen molar-refractivity contribution >= 4 is 24.0 Å². The summed E-state index contributed by atoms with van der Waals surface area (Å²) in [5.74, 6) is -0.205. The summed E-state index contributed by atoms with van der Waals surface area (Å²) in [5.41, 5.74) is 2.20. The van der Waals surface area contributed by atoms with Crippen LogP contribution in [0.5, 0.6) is 0 Å². The third-order valence-corrected chi connectivity index (χ3v) is 2.70. The van der Waals surface area contributed by atoms with Gasteiger partial charge in [0.2, 0.25) is 0 Å². The van der Waals surface area contributed by atoms with Crippen molar-refractivity contribution in [3.05, 3.63) is 70.5 Å². The number of hydrogen-bond acceptors (Lipinski definition) is 1. The van der Waals surface area contributed by atoms with Gasteiger partial charge in [-0.15, -0.1) is 12.4 Å². The lowest BCUT2D eigenvalue weighted by Crippen LogP contribution is -2.12. The van der Waals surface area contributed by atoms with Gasteiger partial charge in [-0.05, 0) is 35.4 Å². The molecule has 2 aromatic carbocycles. The molecule has 0 atom stereocenters. The van der Waals surface area contributed by atoms with Crippen LogP contribution in [0.2, 0.25) is 5.02 Å². The lowest BCUT2D eigenvalue weighted by Gasteiger charge is -2.05. The molecule has 0 aromatic heterocycles. The van der Waals surface area contributed by atoms with Crippen LogP contribution in [0, 0.1) is 5.82 Å². The second-order valence-electron chi connectivity index (χ2n) is 3.86. The van der Waals surface area contributed by atoms with E-state index in [2.05, 4.69) is 5.32 Å². The normalized spacial score (nSPS) is 9.89. The third-order valence-electron chi connectivity index (χ3n) is 2.46. The molecule has 4 heteroatoms. The Hall–Kier alpha value is -1.09. The third kappa shape index (κ3) is 4.65. The molecule has 0 spiro atoms. The topological polar surface area (TPSA) is 12.0 Å². The summed E-state index contributed by atoms with van der Waals surface area (Å²) < 4.78 is 12.7. The minimum atomic E-state index is -0.205. The molecule has 0 aliphatic carbocycles. The lowest BCUT2D eigenvalue weighted by molar-refractivity contribution is 0.625. The van der Waals surface area contributed by atoms with E-state index in [9.17, 15) is 4.39 Å². The van der Waals surface area contributed by atoms with Crippen LogP contribution in [0.25, 0.3) is 0 Å². The molecule has 96 valence electrons. The fourth-order valence-electron chi connectivity index (χ4n) is 1.60. The van der Waals surface area contributed by atoms with Gasteiger partial charge in [0.15, 0.2) is 0 Å². The summed E-state index contributed by atoms with van der Waals surface area (Å²) in [6.07, 6.45) is 0. The standard InChI is InChI=1S/C14H13ClFN.ClH/c15-13-3-1-2-12(8-13)10-17-9-11-4-6-14(16)7-5-11;/h1-8,17H,9-10H2;1H. The quantitative estimate of drug-likeness (QED) is 0.888. The van der Waals surface area contributed by atoms with Crippen LogP contribution in [0.4, 0.5) is 4.39 Å². The molecule has 2 aromatic rings. The highest BCUT2D eigenvalue weighted by Gasteiger charge is 1.96. The van der Waals surface area contributed by atoms with Gasteiger partial charge in [-0.2, -0.15) is 0 Å². The predicted molar refractivity (Wildman–Crippen MR) is 75.6 cm³/mol. The number of benzene rings is 2. The maximum atomic E-state index is 12.7. The van der Waals surface area contributed by atoms with Crippen LogP contribution in [0.15, 0.2) is 48.5 Å². The van der Waals surface area contributed by atoms with Crippen molar-refractivity contribution in [3.63, 3.8) is 0 Å². The molecule has 0 radical (unpaired) electrons. The van der Waals surface area contributed by atoms with Crippen LogP contribution in [-0.2, 0) is 13.1 Å². The molecule has 0 aliphatic heterocycles. The van der Waals surface area contributed by atoms with Gasteiger partial charge in [-0.1, -0.05) is 35.9 Å². The van der Waals surface area contributed by atoms with E-state index >= 15 is 0 Å². The zero-order valence-electron chi connectivity index (χ0n) is 9.70. The molecule has 2 rings (SSSR count). The fraction of sp³-hybridized carbons (Fsp3) is 0.143. The van der Waals surface area contributed by atoms with Crippen LogP contribution in [-0.4, -0.2) is 0 Å². The average Bonchev–Trinajstić information content (AvgIpc) is 2.32. The van der Waals surface area contributed by atoms with E-state index in [1.165, 1.54) is 12.1 Å². The van der Waals surface area contributed by atoms with Crippen molar-refractivity contribution in [1.29, 1.82) is 0 Å². The van der Waals surface area contributed by atoms with Crippen LogP contribution in [0.1, 0.15) is 11.1 Å². The molecular weight excluding hydrogens is 272 g/mol. The molecule has 0 unspecified atom stereocenters. The van der Waals surface area contributed by atoms with E-state index in [0.717, 1.165) is 22.7 Å². The Morgan fingerprint density at radius 2 is 1.61 bits per heavy atom. The van der Waals surface area contributed by atoms with Crippen molar-refractivity contribution < 1.29 is 4.39 Å². The highest BCUT2D eigenvalue weighted by atomic mass is 35.5. The summed E-state index contributed by atoms with van der Waals surface area (Å²) in [7, 11) is 0. The van der Waals surface area contributed by atoms with Gasteiger partial charge in [0.25, 0.3) is 0 Å². The van der Waals surface area contributed by atoms with Crippen molar-refractivity contribution in [2.24, 2.45) is 0 Å². The maximum Gasteiger partial charge on any atom is 0.123 e. The Labute approximate surface area is 117 Å². The molecule has 0 amide bonds. The Bertz CT molecular complexity index is 485. The Balaban J connectivity index is 0.00000162. The van der Waals surface area contributed by atoms with E-state index in [-0.39, 0.29) is 18.2 Å². The van der Waals surface area contributed by atoms with Gasteiger partial charge in [0, 0.05) is 18.1 Å². The Morgan fingerprint density at radius 3 is 2.28 bits per heavy atom. The first-order valence-electron chi connectivity index (χ1n) is 5.43. The van der Waals surface area contributed by atoms with Gasteiger partial charge in [0.1, 0.15) is 5.82 Å². The highest BCUT2D eigenvalue weighted by Crippen LogP contribution is 2.10. The first kappa shape index (κ1) is 15.0. The lowest BCUT2D eigenvalue weighted by atomic mass is 10.2. The minimum absolute atomic E-state index is 0. The SMILES string of the molecule is Cl.Fc1ccc(CNCc2cccc(Cl)c2)cc1. The Kier molecular flexibility index (Phi) is 6.13. The molecule has 0 fully saturated rings. The first-order valence-corrected chi connectivity index (χ1v) is 5.81. The molecular formula is C14H14Cl2FN. The van der Waals surface area contributed by atoms with Gasteiger partial charge in [-0.25, -0.2) is 4.39 Å². The molecule has 0 saturated carbocycles. The summed E-state index contributed by atoms with van der Waals surface area (Å²) in [5, 5.41) is 4.03. The molecule has 0 heterocycles. The Morgan fingerprint density at radius 1 is 0.944 bits per heavy atom. The molecule has 1 N–H and O–H groups in total. The zero-order chi connectivity index (χ0) is 12.1. The van der Waals surface area contributed by atoms with Crippen LogP contribution < -0.4 is 5.32 Å². The van der Waals surface area contributed by atoms with Crippen LogP contribution in [0.3, 0.4) is 0 Å². The van der Waals surface area contributed by atoms with Gasteiger partial charge < -0.3 is 5.32 Å². The van der Waals surface area contributed by atoms with E-state index in [1.54, 1.807) is 12.1 Å². The van der Waals surface area contributed by atoms with E-state index in [4.69, 9.17) is 11.6 Å². The van der Waals surface area contributed by atoms with Crippen molar-refractivity contribution in [3.8, 4) is 0 Å². The van der Waals surface area contributed by atoms with E-state index < -0.39 is 0 Å². The fourth-order valence-corrected chi connectivity index (χ4v) is 1.81. The molecule has 18 heavy (non-hydrogen) atoms. The van der Waals surface area contributed by atoms with Crippen molar-refractivity contribution in [2.45, 2.75) is 13.1 Å². The first-order chi connectivity index (χ1) is 8.24. The monoisotopic (exact) mass is 285 g/mol. The number of rotatable bonds is 4. The van der Waals surface area contributed by atoms with Gasteiger partial charge in [-0.3, -0.25) is 0 Å². The molecule has 1 nitrogen and oxygen atoms in total.